The number of non-ortho nitro benzene ring substituents is 1. The molecule has 24 heavy (non-hydrogen) atoms. The van der Waals surface area contributed by atoms with Crippen molar-refractivity contribution in [2.45, 2.75) is 17.8 Å². The predicted molar refractivity (Wildman–Crippen MR) is 87.0 cm³/mol. The zero-order valence-electron chi connectivity index (χ0n) is 12.7. The lowest BCUT2D eigenvalue weighted by atomic mass is 10.2. The minimum absolute atomic E-state index is 0.0239. The van der Waals surface area contributed by atoms with Crippen LogP contribution in [0.15, 0.2) is 49.1 Å². The fraction of sp³-hybridized carbons (Fsp3) is 0.312. The Balaban J connectivity index is 1.88. The molecule has 1 aliphatic rings. The molecule has 0 saturated heterocycles. The topological polar surface area (TPSA) is 87.9 Å². The highest BCUT2D eigenvalue weighted by Gasteiger charge is 2.27. The number of carbonyl (C=O) groups is 1. The lowest BCUT2D eigenvalue weighted by molar-refractivity contribution is -0.384. The number of halogens is 1. The molecule has 1 heterocycles. The van der Waals surface area contributed by atoms with Gasteiger partial charge in [-0.1, -0.05) is 18.2 Å². The normalized spacial score (nSPS) is 22.8. The third-order valence-electron chi connectivity index (χ3n) is 3.15. The Bertz CT molecular complexity index is 630. The Hall–Kier alpha value is -2.22. The molecule has 128 valence electrons. The summed E-state index contributed by atoms with van der Waals surface area (Å²) in [5.41, 5.74) is 0.121. The Kier molecular flexibility index (Phi) is 6.48. The minimum Gasteiger partial charge on any atom is -0.459 e. The SMILES string of the molecule is C=CCO[C@H]1O[C@H](COC(=O)c2ccc([N+](=O)[O-])cc2)C=C[C@@H]1Cl. The van der Waals surface area contributed by atoms with E-state index in [0.717, 1.165) is 0 Å². The fourth-order valence-electron chi connectivity index (χ4n) is 1.96. The molecule has 0 spiro atoms. The van der Waals surface area contributed by atoms with Gasteiger partial charge >= 0.3 is 5.97 Å². The molecule has 0 bridgehead atoms. The van der Waals surface area contributed by atoms with Gasteiger partial charge < -0.3 is 14.2 Å². The number of nitro benzene ring substituents is 1. The van der Waals surface area contributed by atoms with Crippen molar-refractivity contribution in [3.8, 4) is 0 Å². The smallest absolute Gasteiger partial charge is 0.338 e. The van der Waals surface area contributed by atoms with Gasteiger partial charge in [-0.05, 0) is 12.1 Å². The van der Waals surface area contributed by atoms with Gasteiger partial charge in [0.1, 0.15) is 18.1 Å². The van der Waals surface area contributed by atoms with Gasteiger partial charge in [-0.3, -0.25) is 10.1 Å². The summed E-state index contributed by atoms with van der Waals surface area (Å²) in [5, 5.41) is 10.1. The van der Waals surface area contributed by atoms with Crippen molar-refractivity contribution in [3.05, 3.63) is 64.8 Å². The number of carbonyl (C=O) groups excluding carboxylic acids is 1. The maximum atomic E-state index is 11.9. The van der Waals surface area contributed by atoms with Gasteiger partial charge in [0.2, 0.25) is 0 Å². The molecule has 0 radical (unpaired) electrons. The molecule has 0 aromatic heterocycles. The molecule has 0 amide bonds. The van der Waals surface area contributed by atoms with E-state index in [1.54, 1.807) is 18.2 Å². The van der Waals surface area contributed by atoms with E-state index in [2.05, 4.69) is 6.58 Å². The lowest BCUT2D eigenvalue weighted by Crippen LogP contribution is -2.37. The zero-order chi connectivity index (χ0) is 17.5. The third kappa shape index (κ3) is 4.89. The van der Waals surface area contributed by atoms with Crippen LogP contribution in [0, 0.1) is 10.1 Å². The van der Waals surface area contributed by atoms with Crippen molar-refractivity contribution >= 4 is 23.3 Å². The van der Waals surface area contributed by atoms with Crippen molar-refractivity contribution in [3.63, 3.8) is 0 Å². The first-order chi connectivity index (χ1) is 11.5. The van der Waals surface area contributed by atoms with E-state index in [0.29, 0.717) is 0 Å². The van der Waals surface area contributed by atoms with Gasteiger partial charge in [-0.2, -0.15) is 0 Å². The second-order valence-electron chi connectivity index (χ2n) is 4.90. The molecule has 3 atom stereocenters. The summed E-state index contributed by atoms with van der Waals surface area (Å²) in [4.78, 5) is 22.0. The van der Waals surface area contributed by atoms with Gasteiger partial charge in [0, 0.05) is 12.1 Å². The van der Waals surface area contributed by atoms with Gasteiger partial charge in [0.05, 0.1) is 17.1 Å². The number of hydrogen-bond donors (Lipinski definition) is 0. The van der Waals surface area contributed by atoms with Crippen LogP contribution in [-0.4, -0.2) is 41.9 Å². The lowest BCUT2D eigenvalue weighted by Gasteiger charge is -2.28. The summed E-state index contributed by atoms with van der Waals surface area (Å²) < 4.78 is 16.1. The minimum atomic E-state index is -0.655. The Morgan fingerprint density at radius 2 is 2.08 bits per heavy atom. The summed E-state index contributed by atoms with van der Waals surface area (Å²) in [5.74, 6) is -0.599. The largest absolute Gasteiger partial charge is 0.459 e. The van der Waals surface area contributed by atoms with E-state index in [-0.39, 0.29) is 24.5 Å². The number of ether oxygens (including phenoxy) is 3. The number of hydrogen-bond acceptors (Lipinski definition) is 6. The molecule has 1 aromatic rings. The first kappa shape index (κ1) is 18.1. The van der Waals surface area contributed by atoms with Crippen molar-refractivity contribution in [2.24, 2.45) is 0 Å². The molecule has 1 aromatic carbocycles. The van der Waals surface area contributed by atoms with E-state index < -0.39 is 28.7 Å². The zero-order valence-corrected chi connectivity index (χ0v) is 13.4. The number of esters is 1. The second kappa shape index (κ2) is 8.58. The fourth-order valence-corrected chi connectivity index (χ4v) is 2.18. The first-order valence-electron chi connectivity index (χ1n) is 7.13. The summed E-state index contributed by atoms with van der Waals surface area (Å²) in [6.07, 6.45) is 3.83. The molecule has 0 aliphatic carbocycles. The molecule has 1 aliphatic heterocycles. The van der Waals surface area contributed by atoms with Crippen LogP contribution in [0.1, 0.15) is 10.4 Å². The van der Waals surface area contributed by atoms with Crippen LogP contribution >= 0.6 is 11.6 Å². The Morgan fingerprint density at radius 3 is 2.71 bits per heavy atom. The van der Waals surface area contributed by atoms with Crippen LogP contribution in [0.25, 0.3) is 0 Å². The molecule has 0 fully saturated rings. The quantitative estimate of drug-likeness (QED) is 0.246. The maximum Gasteiger partial charge on any atom is 0.338 e. The monoisotopic (exact) mass is 353 g/mol. The molecule has 7 nitrogen and oxygen atoms in total. The van der Waals surface area contributed by atoms with E-state index in [9.17, 15) is 14.9 Å². The highest BCUT2D eigenvalue weighted by Crippen LogP contribution is 2.20. The number of nitro groups is 1. The molecule has 0 saturated carbocycles. The molecule has 0 unspecified atom stereocenters. The Morgan fingerprint density at radius 1 is 1.38 bits per heavy atom. The molecule has 2 rings (SSSR count). The number of nitrogens with zero attached hydrogens (tertiary/aromatic N) is 1. The van der Waals surface area contributed by atoms with Crippen LogP contribution in [0.2, 0.25) is 0 Å². The molecular formula is C16H16ClNO6. The van der Waals surface area contributed by atoms with Crippen LogP contribution in [0.5, 0.6) is 0 Å². The number of rotatable bonds is 7. The van der Waals surface area contributed by atoms with Gasteiger partial charge in [-0.15, -0.1) is 18.2 Å². The van der Waals surface area contributed by atoms with E-state index >= 15 is 0 Å². The van der Waals surface area contributed by atoms with Crippen LogP contribution in [-0.2, 0) is 14.2 Å². The van der Waals surface area contributed by atoms with Crippen LogP contribution < -0.4 is 0 Å². The van der Waals surface area contributed by atoms with E-state index in [1.165, 1.54) is 24.3 Å². The highest BCUT2D eigenvalue weighted by atomic mass is 35.5. The highest BCUT2D eigenvalue weighted by molar-refractivity contribution is 6.22. The van der Waals surface area contributed by atoms with Crippen LogP contribution in [0.3, 0.4) is 0 Å². The van der Waals surface area contributed by atoms with Crippen molar-refractivity contribution in [1.29, 1.82) is 0 Å². The summed E-state index contributed by atoms with van der Waals surface area (Å²) in [6, 6.07) is 5.15. The third-order valence-corrected chi connectivity index (χ3v) is 3.50. The first-order valence-corrected chi connectivity index (χ1v) is 7.57. The van der Waals surface area contributed by atoms with Gasteiger partial charge in [-0.25, -0.2) is 4.79 Å². The molecular weight excluding hydrogens is 338 g/mol. The Labute approximate surface area is 143 Å². The average Bonchev–Trinajstić information content (AvgIpc) is 2.59. The second-order valence-corrected chi connectivity index (χ2v) is 5.40. The van der Waals surface area contributed by atoms with Crippen molar-refractivity contribution in [1.82, 2.24) is 0 Å². The standard InChI is InChI=1S/C16H16ClNO6/c1-2-9-22-16-14(17)8-7-13(24-16)10-23-15(19)11-3-5-12(6-4-11)18(20)21/h2-8,13-14,16H,1,9-10H2/t13-,14-,16-/m0/s1. The summed E-state index contributed by atoms with van der Waals surface area (Å²) in [7, 11) is 0. The molecule has 0 N–H and O–H groups in total. The van der Waals surface area contributed by atoms with Crippen molar-refractivity contribution in [2.75, 3.05) is 13.2 Å². The van der Waals surface area contributed by atoms with E-state index in [4.69, 9.17) is 25.8 Å². The average molecular weight is 354 g/mol. The van der Waals surface area contributed by atoms with Gasteiger partial charge in [0.15, 0.2) is 6.29 Å². The molecule has 8 heteroatoms. The predicted octanol–water partition coefficient (Wildman–Crippen LogP) is 2.84. The maximum absolute atomic E-state index is 11.9. The summed E-state index contributed by atoms with van der Waals surface area (Å²) >= 11 is 6.05. The van der Waals surface area contributed by atoms with Crippen molar-refractivity contribution < 1.29 is 23.9 Å². The summed E-state index contributed by atoms with van der Waals surface area (Å²) in [6.45, 7) is 3.81. The van der Waals surface area contributed by atoms with E-state index in [1.807, 2.05) is 0 Å². The van der Waals surface area contributed by atoms with Gasteiger partial charge in [0.25, 0.3) is 5.69 Å². The number of alkyl halides is 1. The number of benzene rings is 1. The van der Waals surface area contributed by atoms with Crippen LogP contribution in [0.4, 0.5) is 5.69 Å².